The number of carboxylic acid groups (broad SMARTS) is 4. The van der Waals surface area contributed by atoms with Crippen LogP contribution in [0, 0.1) is 0 Å². The summed E-state index contributed by atoms with van der Waals surface area (Å²) >= 11 is 0. The maximum Gasteiger partial charge on any atom is 2.00 e. The summed E-state index contributed by atoms with van der Waals surface area (Å²) in [7, 11) is 2.00. The van der Waals surface area contributed by atoms with Crippen molar-refractivity contribution in [2.45, 2.75) is 25.7 Å². The molecule has 0 fully saturated rings. The summed E-state index contributed by atoms with van der Waals surface area (Å²) in [5.41, 5.74) is 3.42. The zero-order valence-electron chi connectivity index (χ0n) is 45.3. The molecule has 0 aliphatic carbocycles. The van der Waals surface area contributed by atoms with Crippen LogP contribution in [0.4, 0.5) is 0 Å². The quantitative estimate of drug-likeness (QED) is 0.129. The van der Waals surface area contributed by atoms with E-state index < -0.39 is 71.1 Å². The number of aliphatic hydroxyl groups excluding tert-OH is 2. The number of hydrogen-bond donors (Lipinski definition) is 2. The van der Waals surface area contributed by atoms with E-state index in [2.05, 4.69) is 0 Å². The number of carbonyl (C=O) groups is 12. The van der Waals surface area contributed by atoms with Gasteiger partial charge in [0.25, 0.3) is 47.3 Å². The van der Waals surface area contributed by atoms with Gasteiger partial charge in [-0.25, -0.2) is 0 Å². The Labute approximate surface area is 509 Å². The van der Waals surface area contributed by atoms with E-state index >= 15 is 0 Å². The number of amides is 8. The van der Waals surface area contributed by atoms with Crippen LogP contribution in [-0.2, 0) is 53.3 Å². The van der Waals surface area contributed by atoms with E-state index in [9.17, 15) is 78.0 Å². The summed E-state index contributed by atoms with van der Waals surface area (Å²) in [5, 5.41) is 61.9. The molecular weight excluding hydrogens is 1220 g/mol. The molecule has 4 heterocycles. The van der Waals surface area contributed by atoms with Crippen molar-refractivity contribution in [3.05, 3.63) is 190 Å². The van der Waals surface area contributed by atoms with Crippen molar-refractivity contribution in [2.75, 3.05) is 40.4 Å². The van der Waals surface area contributed by atoms with Crippen LogP contribution in [0.25, 0.3) is 43.1 Å². The van der Waals surface area contributed by atoms with E-state index in [4.69, 9.17) is 10.2 Å². The maximum atomic E-state index is 12.3. The van der Waals surface area contributed by atoms with Crippen molar-refractivity contribution >= 4 is 114 Å². The summed E-state index contributed by atoms with van der Waals surface area (Å²) in [6.45, 7) is -0.703. The molecule has 4 aliphatic heterocycles. The molecule has 8 aromatic carbocycles. The average molecular weight is 1260 g/mol. The van der Waals surface area contributed by atoms with Crippen molar-refractivity contribution in [1.82, 2.24) is 19.6 Å². The Bertz CT molecular complexity index is 3340. The fraction of sp³-hybridized carbons (Fsp3) is 0.161. The van der Waals surface area contributed by atoms with Gasteiger partial charge >= 0.3 is 34.1 Å². The summed E-state index contributed by atoms with van der Waals surface area (Å²) in [6.07, 6.45) is -1.46. The normalized spacial score (nSPS) is 13.1. The SMILES string of the molecule is CO.CO.O=C([O-])CCN1C(=O)c2cccc3cccc(c23)C1=O.O=C([O-])CCN1C(=O)c2cccc3cccc(c23)C1=O.O=C([O-])CCN1C(=O)c2cccc3cccc(c23)C1=O.O=C([O-])CCN1C(=O)c2cccc3cccc(c23)C1=O.[Cu+2].[Cu+2]. The Kier molecular flexibility index (Phi) is 23.1. The van der Waals surface area contributed by atoms with E-state index in [-0.39, 0.29) is 86.0 Å². The Morgan fingerprint density at radius 2 is 0.407 bits per heavy atom. The zero-order valence-corrected chi connectivity index (χ0v) is 47.2. The number of carbonyl (C=O) groups excluding carboxylic acids is 12. The second-order valence-electron chi connectivity index (χ2n) is 18.4. The van der Waals surface area contributed by atoms with Gasteiger partial charge < -0.3 is 49.8 Å². The van der Waals surface area contributed by atoms with E-state index in [1.54, 1.807) is 97.1 Å². The van der Waals surface area contributed by atoms with E-state index in [1.807, 2.05) is 48.5 Å². The van der Waals surface area contributed by atoms with Gasteiger partial charge in [-0.2, -0.15) is 0 Å². The van der Waals surface area contributed by atoms with Gasteiger partial charge in [0, 0.05) is 156 Å². The predicted molar refractivity (Wildman–Crippen MR) is 292 cm³/mol. The first-order valence-electron chi connectivity index (χ1n) is 25.6. The third-order valence-corrected chi connectivity index (χ3v) is 13.6. The van der Waals surface area contributed by atoms with Crippen molar-refractivity contribution in [3.63, 3.8) is 0 Å². The van der Waals surface area contributed by atoms with Crippen LogP contribution in [0.3, 0.4) is 0 Å². The Balaban J connectivity index is 0.000000204. The summed E-state index contributed by atoms with van der Waals surface area (Å²) < 4.78 is 0. The molecule has 0 atom stereocenters. The van der Waals surface area contributed by atoms with Gasteiger partial charge in [0.05, 0.1) is 0 Å². The minimum absolute atomic E-state index is 0. The fourth-order valence-corrected chi connectivity index (χ4v) is 9.95. The second kappa shape index (κ2) is 29.6. The molecule has 0 unspecified atom stereocenters. The number of carboxylic acids is 4. The standard InChI is InChI=1S/4C15H11NO4.2CH4O.2Cu/c4*17-12(18)7-8-16-14(19)10-5-1-3-9-4-2-6-11(13(9)10)15(16)20;2*1-2;;/h4*1-6H,7-8H2,(H,17,18);2*2H,1H3;;/q;;;;;;2*+2/p-4. The van der Waals surface area contributed by atoms with Crippen LogP contribution in [0.1, 0.15) is 109 Å². The first-order valence-corrected chi connectivity index (χ1v) is 25.6. The van der Waals surface area contributed by atoms with Crippen LogP contribution in [0.2, 0.25) is 0 Å². The van der Waals surface area contributed by atoms with Gasteiger partial charge in [-0.3, -0.25) is 58.0 Å². The van der Waals surface area contributed by atoms with Crippen LogP contribution in [0.5, 0.6) is 0 Å². The molecule has 2 N–H and O–H groups in total. The molecule has 4 aliphatic rings. The van der Waals surface area contributed by atoms with Gasteiger partial charge in [-0.1, -0.05) is 97.1 Å². The average Bonchev–Trinajstić information content (AvgIpc) is 1.07. The molecule has 2 radical (unpaired) electrons. The molecule has 24 heteroatoms. The number of aliphatic carboxylic acids is 4. The van der Waals surface area contributed by atoms with Gasteiger partial charge in [-0.15, -0.1) is 0 Å². The van der Waals surface area contributed by atoms with Crippen LogP contribution >= 0.6 is 0 Å². The van der Waals surface area contributed by atoms with E-state index in [0.717, 1.165) is 55.4 Å². The third kappa shape index (κ3) is 13.7. The first kappa shape index (κ1) is 67.0. The van der Waals surface area contributed by atoms with Crippen molar-refractivity contribution < 1.29 is 122 Å². The molecule has 22 nitrogen and oxygen atoms in total. The molecule has 12 rings (SSSR count). The maximum absolute atomic E-state index is 12.3. The molecule has 0 saturated carbocycles. The molecule has 0 aromatic heterocycles. The summed E-state index contributed by atoms with van der Waals surface area (Å²) in [4.78, 5) is 145. The largest absolute Gasteiger partial charge is 2.00 e. The molecule has 8 aromatic rings. The molecule has 0 spiro atoms. The minimum atomic E-state index is -1.29. The van der Waals surface area contributed by atoms with Crippen LogP contribution < -0.4 is 20.4 Å². The second-order valence-corrected chi connectivity index (χ2v) is 18.4. The van der Waals surface area contributed by atoms with Gasteiger partial charge in [0.1, 0.15) is 0 Å². The van der Waals surface area contributed by atoms with Gasteiger partial charge in [-0.05, 0) is 70.1 Å². The van der Waals surface area contributed by atoms with Crippen LogP contribution in [-0.4, -0.2) is 141 Å². The zero-order chi connectivity index (χ0) is 61.1. The topological polar surface area (TPSA) is 350 Å². The smallest absolute Gasteiger partial charge is 0.550 e. The Morgan fingerprint density at radius 1 is 0.279 bits per heavy atom. The van der Waals surface area contributed by atoms with Crippen molar-refractivity contribution in [3.8, 4) is 0 Å². The van der Waals surface area contributed by atoms with Gasteiger partial charge in [0.15, 0.2) is 0 Å². The number of hydrogen-bond acceptors (Lipinski definition) is 18. The molecule has 8 amide bonds. The van der Waals surface area contributed by atoms with E-state index in [0.29, 0.717) is 66.1 Å². The number of nitrogens with zero attached hydrogens (tertiary/aromatic N) is 4. The molecule has 86 heavy (non-hydrogen) atoms. The van der Waals surface area contributed by atoms with Crippen LogP contribution in [0.15, 0.2) is 146 Å². The summed E-state index contributed by atoms with van der Waals surface area (Å²) in [5.74, 6) is -8.82. The fourth-order valence-electron chi connectivity index (χ4n) is 9.95. The first-order chi connectivity index (χ1) is 40.4. The van der Waals surface area contributed by atoms with E-state index in [1.165, 1.54) is 0 Å². The third-order valence-electron chi connectivity index (χ3n) is 13.6. The molecule has 0 bridgehead atoms. The number of aliphatic hydroxyl groups is 2. The summed E-state index contributed by atoms with van der Waals surface area (Å²) in [6, 6.07) is 41.8. The van der Waals surface area contributed by atoms with Crippen molar-refractivity contribution in [1.29, 1.82) is 0 Å². The predicted octanol–water partition coefficient (Wildman–Crippen LogP) is 1.52. The molecule has 0 saturated heterocycles. The van der Waals surface area contributed by atoms with Crippen molar-refractivity contribution in [2.24, 2.45) is 0 Å². The Hall–Kier alpha value is -9.80. The number of rotatable bonds is 12. The molecular formula is C62H48Cu2N4O18. The number of benzene rings is 8. The Morgan fingerprint density at radius 3 is 0.523 bits per heavy atom. The number of imide groups is 4. The molecule has 446 valence electrons. The van der Waals surface area contributed by atoms with Gasteiger partial charge in [0.2, 0.25) is 0 Å². The monoisotopic (exact) mass is 1260 g/mol. The minimum Gasteiger partial charge on any atom is -0.550 e.